The minimum absolute atomic E-state index is 0.113. The molecule has 1 amide bonds. The summed E-state index contributed by atoms with van der Waals surface area (Å²) in [5, 5.41) is 18.8. The van der Waals surface area contributed by atoms with Crippen molar-refractivity contribution >= 4 is 5.91 Å². The molecule has 3 N–H and O–H groups in total. The number of aliphatic hydroxyl groups excluding tert-OH is 1. The summed E-state index contributed by atoms with van der Waals surface area (Å²) in [6, 6.07) is 8.64. The zero-order chi connectivity index (χ0) is 17.5. The second-order valence-electron chi connectivity index (χ2n) is 5.72. The number of aromatic nitrogens is 2. The maximum Gasteiger partial charge on any atom is 0.272 e. The van der Waals surface area contributed by atoms with Crippen LogP contribution in [0.5, 0.6) is 11.5 Å². The summed E-state index contributed by atoms with van der Waals surface area (Å²) in [4.78, 5) is 12.1. The summed E-state index contributed by atoms with van der Waals surface area (Å²) in [5.74, 6) is 1.05. The van der Waals surface area contributed by atoms with Gasteiger partial charge >= 0.3 is 0 Å². The molecule has 0 aliphatic heterocycles. The number of nitrogens with zero attached hydrogens (tertiary/aromatic N) is 1. The van der Waals surface area contributed by atoms with Crippen molar-refractivity contribution in [3.8, 4) is 11.5 Å². The molecule has 1 aromatic carbocycles. The SMILES string of the molecule is COc1ccccc1OCc1cc(C(=O)NC(CO)C(C)C)n[nH]1. The number of aromatic amines is 1. The first-order valence-corrected chi connectivity index (χ1v) is 7.77. The molecular formula is C17H23N3O4. The molecule has 0 bridgehead atoms. The first kappa shape index (κ1) is 17.8. The van der Waals surface area contributed by atoms with E-state index < -0.39 is 0 Å². The average Bonchev–Trinajstić information content (AvgIpc) is 3.06. The highest BCUT2D eigenvalue weighted by Crippen LogP contribution is 2.26. The fraction of sp³-hybridized carbons (Fsp3) is 0.412. The topological polar surface area (TPSA) is 96.5 Å². The van der Waals surface area contributed by atoms with Crippen molar-refractivity contribution in [1.29, 1.82) is 0 Å². The van der Waals surface area contributed by atoms with Crippen molar-refractivity contribution in [2.75, 3.05) is 13.7 Å². The summed E-state index contributed by atoms with van der Waals surface area (Å²) in [6.07, 6.45) is 0. The highest BCUT2D eigenvalue weighted by Gasteiger charge is 2.18. The van der Waals surface area contributed by atoms with E-state index in [9.17, 15) is 9.90 Å². The van der Waals surface area contributed by atoms with Gasteiger partial charge in [-0.15, -0.1) is 0 Å². The number of benzene rings is 1. The van der Waals surface area contributed by atoms with E-state index in [4.69, 9.17) is 9.47 Å². The van der Waals surface area contributed by atoms with Gasteiger partial charge in [-0.1, -0.05) is 26.0 Å². The molecule has 0 radical (unpaired) electrons. The number of para-hydroxylation sites is 2. The van der Waals surface area contributed by atoms with E-state index in [0.29, 0.717) is 17.2 Å². The van der Waals surface area contributed by atoms with Gasteiger partial charge in [0.1, 0.15) is 12.3 Å². The molecule has 1 heterocycles. The van der Waals surface area contributed by atoms with Crippen LogP contribution in [0.4, 0.5) is 0 Å². The summed E-state index contributed by atoms with van der Waals surface area (Å²) < 4.78 is 10.9. The fourth-order valence-electron chi connectivity index (χ4n) is 2.11. The Morgan fingerprint density at radius 2 is 2.04 bits per heavy atom. The molecule has 0 aliphatic rings. The summed E-state index contributed by atoms with van der Waals surface area (Å²) in [6.45, 7) is 3.97. The minimum atomic E-state index is -0.331. The Morgan fingerprint density at radius 1 is 1.33 bits per heavy atom. The predicted octanol–water partition coefficient (Wildman–Crippen LogP) is 1.74. The van der Waals surface area contributed by atoms with Crippen LogP contribution in [0.1, 0.15) is 30.0 Å². The molecule has 24 heavy (non-hydrogen) atoms. The summed E-state index contributed by atoms with van der Waals surface area (Å²) in [5.41, 5.74) is 0.920. The molecule has 7 nitrogen and oxygen atoms in total. The first-order valence-electron chi connectivity index (χ1n) is 7.77. The van der Waals surface area contributed by atoms with Crippen molar-refractivity contribution in [2.24, 2.45) is 5.92 Å². The van der Waals surface area contributed by atoms with Gasteiger partial charge in [0, 0.05) is 0 Å². The van der Waals surface area contributed by atoms with Gasteiger partial charge in [-0.3, -0.25) is 9.89 Å². The molecule has 0 saturated carbocycles. The van der Waals surface area contributed by atoms with Gasteiger partial charge in [0.2, 0.25) is 0 Å². The van der Waals surface area contributed by atoms with Gasteiger partial charge in [0.25, 0.3) is 5.91 Å². The Bertz CT molecular complexity index is 669. The van der Waals surface area contributed by atoms with Crippen LogP contribution < -0.4 is 14.8 Å². The second-order valence-corrected chi connectivity index (χ2v) is 5.72. The second kappa shape index (κ2) is 8.35. The molecule has 0 saturated heterocycles. The van der Waals surface area contributed by atoms with E-state index in [1.54, 1.807) is 19.2 Å². The number of amides is 1. The third-order valence-corrected chi connectivity index (χ3v) is 3.63. The Labute approximate surface area is 141 Å². The maximum atomic E-state index is 12.1. The lowest BCUT2D eigenvalue weighted by atomic mass is 10.1. The van der Waals surface area contributed by atoms with Gasteiger partial charge < -0.3 is 19.9 Å². The highest BCUT2D eigenvalue weighted by molar-refractivity contribution is 5.92. The van der Waals surface area contributed by atoms with E-state index in [1.165, 1.54) is 0 Å². The van der Waals surface area contributed by atoms with E-state index in [0.717, 1.165) is 0 Å². The van der Waals surface area contributed by atoms with Crippen LogP contribution in [0, 0.1) is 5.92 Å². The number of carbonyl (C=O) groups excluding carboxylic acids is 1. The van der Waals surface area contributed by atoms with Gasteiger partial charge in [0.05, 0.1) is 25.5 Å². The normalized spacial score (nSPS) is 12.0. The number of hydrogen-bond acceptors (Lipinski definition) is 5. The number of carbonyl (C=O) groups is 1. The number of methoxy groups -OCH3 is 1. The van der Waals surface area contributed by atoms with Crippen molar-refractivity contribution in [2.45, 2.75) is 26.5 Å². The Balaban J connectivity index is 1.96. The molecule has 1 aromatic heterocycles. The fourth-order valence-corrected chi connectivity index (χ4v) is 2.11. The van der Waals surface area contributed by atoms with Crippen molar-refractivity contribution in [3.05, 3.63) is 41.7 Å². The molecule has 0 spiro atoms. The standard InChI is InChI=1S/C17H23N3O4/c1-11(2)14(9-21)18-17(22)13-8-12(19-20-13)10-24-16-7-5-4-6-15(16)23-3/h4-8,11,14,21H,9-10H2,1-3H3,(H,18,22)(H,19,20). The largest absolute Gasteiger partial charge is 0.493 e. The van der Waals surface area contributed by atoms with Crippen LogP contribution in [0.25, 0.3) is 0 Å². The number of hydrogen-bond donors (Lipinski definition) is 3. The molecule has 0 aliphatic carbocycles. The minimum Gasteiger partial charge on any atom is -0.493 e. The lowest BCUT2D eigenvalue weighted by Gasteiger charge is -2.18. The van der Waals surface area contributed by atoms with Crippen molar-refractivity contribution in [3.63, 3.8) is 0 Å². The van der Waals surface area contributed by atoms with E-state index in [2.05, 4.69) is 15.5 Å². The first-order chi connectivity index (χ1) is 11.5. The van der Waals surface area contributed by atoms with E-state index >= 15 is 0 Å². The van der Waals surface area contributed by atoms with Crippen LogP contribution in [0.3, 0.4) is 0 Å². The van der Waals surface area contributed by atoms with Crippen LogP contribution in [0.2, 0.25) is 0 Å². The smallest absolute Gasteiger partial charge is 0.272 e. The molecule has 7 heteroatoms. The Kier molecular flexibility index (Phi) is 6.20. The predicted molar refractivity (Wildman–Crippen MR) is 89.1 cm³/mol. The van der Waals surface area contributed by atoms with Crippen LogP contribution in [-0.4, -0.2) is 41.0 Å². The van der Waals surface area contributed by atoms with Crippen LogP contribution in [-0.2, 0) is 6.61 Å². The van der Waals surface area contributed by atoms with Crippen molar-refractivity contribution in [1.82, 2.24) is 15.5 Å². The molecule has 2 rings (SSSR count). The zero-order valence-corrected chi connectivity index (χ0v) is 14.1. The number of H-pyrrole nitrogens is 1. The van der Waals surface area contributed by atoms with E-state index in [-0.39, 0.29) is 36.8 Å². The molecule has 2 aromatic rings. The maximum absolute atomic E-state index is 12.1. The summed E-state index contributed by atoms with van der Waals surface area (Å²) in [7, 11) is 1.58. The lowest BCUT2D eigenvalue weighted by Crippen LogP contribution is -2.41. The van der Waals surface area contributed by atoms with Gasteiger partial charge in [-0.25, -0.2) is 0 Å². The molecule has 130 valence electrons. The van der Waals surface area contributed by atoms with Crippen LogP contribution in [0.15, 0.2) is 30.3 Å². The lowest BCUT2D eigenvalue weighted by molar-refractivity contribution is 0.0891. The molecule has 0 fully saturated rings. The Hall–Kier alpha value is -2.54. The molecular weight excluding hydrogens is 310 g/mol. The number of rotatable bonds is 8. The van der Waals surface area contributed by atoms with Gasteiger partial charge in [-0.2, -0.15) is 5.10 Å². The monoisotopic (exact) mass is 333 g/mol. The quantitative estimate of drug-likeness (QED) is 0.684. The zero-order valence-electron chi connectivity index (χ0n) is 14.1. The van der Waals surface area contributed by atoms with Crippen LogP contribution >= 0.6 is 0 Å². The highest BCUT2D eigenvalue weighted by atomic mass is 16.5. The average molecular weight is 333 g/mol. The van der Waals surface area contributed by atoms with Gasteiger partial charge in [0.15, 0.2) is 11.5 Å². The molecule has 1 atom stereocenters. The number of ether oxygens (including phenoxy) is 2. The van der Waals surface area contributed by atoms with E-state index in [1.807, 2.05) is 32.0 Å². The molecule has 1 unspecified atom stereocenters. The number of nitrogens with one attached hydrogen (secondary N) is 2. The Morgan fingerprint density at radius 3 is 2.67 bits per heavy atom. The third-order valence-electron chi connectivity index (χ3n) is 3.63. The van der Waals surface area contributed by atoms with Crippen molar-refractivity contribution < 1.29 is 19.4 Å². The summed E-state index contributed by atoms with van der Waals surface area (Å²) >= 11 is 0. The van der Waals surface area contributed by atoms with Gasteiger partial charge in [-0.05, 0) is 24.1 Å². The third kappa shape index (κ3) is 4.48. The number of aliphatic hydroxyl groups is 1.